The number of carbonyl (C=O) groups is 2. The third-order valence-corrected chi connectivity index (χ3v) is 7.55. The van der Waals surface area contributed by atoms with Crippen LogP contribution in [0.5, 0.6) is 0 Å². The highest BCUT2D eigenvalue weighted by molar-refractivity contribution is 7.99. The van der Waals surface area contributed by atoms with Crippen molar-refractivity contribution >= 4 is 29.8 Å². The third kappa shape index (κ3) is 4.44. The first kappa shape index (κ1) is 20.3. The summed E-state index contributed by atoms with van der Waals surface area (Å²) in [6.07, 6.45) is 7.72. The molecule has 2 fully saturated rings. The Kier molecular flexibility index (Phi) is 6.43. The van der Waals surface area contributed by atoms with E-state index in [4.69, 9.17) is 5.21 Å². The Hall–Kier alpha value is -2.02. The van der Waals surface area contributed by atoms with Gasteiger partial charge in [0, 0.05) is 18.7 Å². The molecule has 1 aliphatic carbocycles. The van der Waals surface area contributed by atoms with Gasteiger partial charge in [0.15, 0.2) is 0 Å². The molecule has 2 heterocycles. The van der Waals surface area contributed by atoms with Gasteiger partial charge in [-0.15, -0.1) is 11.8 Å². The minimum absolute atomic E-state index is 0.00246. The number of oxime groups is 1. The fraction of sp³-hybridized carbons (Fsp3) is 0.591. The quantitative estimate of drug-likeness (QED) is 0.456. The molecule has 156 valence electrons. The average Bonchev–Trinajstić information content (AvgIpc) is 3.41. The zero-order chi connectivity index (χ0) is 20.2. The van der Waals surface area contributed by atoms with Crippen molar-refractivity contribution in [3.63, 3.8) is 0 Å². The molecule has 1 aromatic rings. The molecule has 0 saturated carbocycles. The lowest BCUT2D eigenvalue weighted by molar-refractivity contribution is -0.143. The van der Waals surface area contributed by atoms with E-state index in [2.05, 4.69) is 29.4 Å². The number of rotatable bonds is 5. The van der Waals surface area contributed by atoms with Crippen molar-refractivity contribution in [3.05, 3.63) is 35.4 Å². The maximum absolute atomic E-state index is 13.1. The molecule has 29 heavy (non-hydrogen) atoms. The van der Waals surface area contributed by atoms with Crippen LogP contribution in [0.25, 0.3) is 0 Å². The number of thioether (sulfide) groups is 1. The number of likely N-dealkylation sites (tertiary alicyclic amines) is 1. The molecule has 6 nitrogen and oxygen atoms in total. The van der Waals surface area contributed by atoms with Gasteiger partial charge in [-0.3, -0.25) is 9.59 Å². The number of hydrogen-bond acceptors (Lipinski definition) is 5. The summed E-state index contributed by atoms with van der Waals surface area (Å²) in [5.41, 5.74) is 2.87. The normalized spacial score (nSPS) is 26.8. The lowest BCUT2D eigenvalue weighted by Gasteiger charge is -2.30. The van der Waals surface area contributed by atoms with Crippen LogP contribution in [0.1, 0.15) is 43.2 Å². The van der Waals surface area contributed by atoms with Gasteiger partial charge in [0.2, 0.25) is 11.8 Å². The molecule has 1 aromatic carbocycles. The molecule has 0 aromatic heterocycles. The van der Waals surface area contributed by atoms with Crippen molar-refractivity contribution in [1.29, 1.82) is 0 Å². The maximum Gasteiger partial charge on any atom is 0.246 e. The van der Waals surface area contributed by atoms with Crippen molar-refractivity contribution in [3.8, 4) is 0 Å². The van der Waals surface area contributed by atoms with Gasteiger partial charge in [-0.2, -0.15) is 0 Å². The lowest BCUT2D eigenvalue weighted by atomic mass is 9.81. The van der Waals surface area contributed by atoms with E-state index >= 15 is 0 Å². The summed E-state index contributed by atoms with van der Waals surface area (Å²) >= 11 is 1.65. The molecule has 1 N–H and O–H groups in total. The Morgan fingerprint density at radius 1 is 1.21 bits per heavy atom. The van der Waals surface area contributed by atoms with Crippen molar-refractivity contribution in [2.75, 3.05) is 18.2 Å². The lowest BCUT2D eigenvalue weighted by Crippen LogP contribution is -2.50. The van der Waals surface area contributed by atoms with Crippen LogP contribution >= 0.6 is 11.8 Å². The standard InChI is InChI=1S/C22H29N3O3S/c26-21(10-8-16-7-9-17-4-1-2-5-18(17)12-16)24-11-3-6-20(24)22(27)25-15-29-14-19(25)13-23-28/h1-2,4-5,13,16,19-20,28H,3,6-12,14-15H2/t16-,19+,20-/m0/s1. The first-order valence-electron chi connectivity index (χ1n) is 10.6. The van der Waals surface area contributed by atoms with Crippen LogP contribution in [-0.4, -0.2) is 63.3 Å². The molecular formula is C22H29N3O3S. The molecule has 3 aliphatic rings. The predicted octanol–water partition coefficient (Wildman–Crippen LogP) is 2.92. The van der Waals surface area contributed by atoms with Gasteiger partial charge in [0.1, 0.15) is 6.04 Å². The summed E-state index contributed by atoms with van der Waals surface area (Å²) < 4.78 is 0. The summed E-state index contributed by atoms with van der Waals surface area (Å²) in [6, 6.07) is 8.07. The second-order valence-corrected chi connectivity index (χ2v) is 9.30. The van der Waals surface area contributed by atoms with Crippen LogP contribution in [0.15, 0.2) is 29.4 Å². The van der Waals surface area contributed by atoms with Gasteiger partial charge >= 0.3 is 0 Å². The average molecular weight is 416 g/mol. The number of amides is 2. The highest BCUT2D eigenvalue weighted by atomic mass is 32.2. The van der Waals surface area contributed by atoms with Crippen molar-refractivity contribution in [2.24, 2.45) is 11.1 Å². The summed E-state index contributed by atoms with van der Waals surface area (Å²) in [5, 5.41) is 12.0. The Bertz CT molecular complexity index is 784. The molecule has 4 rings (SSSR count). The highest BCUT2D eigenvalue weighted by Crippen LogP contribution is 2.30. The molecule has 7 heteroatoms. The largest absolute Gasteiger partial charge is 0.411 e. The molecule has 2 amide bonds. The SMILES string of the molecule is O=C([C@@H]1CCCN1C(=O)CC[C@@H]1CCc2ccccc2C1)N1CSC[C@H]1C=NO. The molecule has 3 atom stereocenters. The fourth-order valence-electron chi connectivity index (χ4n) is 4.89. The first-order valence-corrected chi connectivity index (χ1v) is 11.7. The number of fused-ring (bicyclic) bond motifs is 1. The molecule has 2 aliphatic heterocycles. The minimum atomic E-state index is -0.358. The number of aryl methyl sites for hydroxylation is 1. The first-order chi connectivity index (χ1) is 14.2. The van der Waals surface area contributed by atoms with Gasteiger partial charge in [-0.1, -0.05) is 29.4 Å². The van der Waals surface area contributed by atoms with Gasteiger partial charge in [0.05, 0.1) is 18.1 Å². The summed E-state index contributed by atoms with van der Waals surface area (Å²) in [7, 11) is 0. The molecule has 0 spiro atoms. The zero-order valence-corrected chi connectivity index (χ0v) is 17.5. The van der Waals surface area contributed by atoms with E-state index in [1.54, 1.807) is 21.6 Å². The monoisotopic (exact) mass is 415 g/mol. The minimum Gasteiger partial charge on any atom is -0.411 e. The van der Waals surface area contributed by atoms with Crippen LogP contribution in [0.4, 0.5) is 0 Å². The van der Waals surface area contributed by atoms with Crippen molar-refractivity contribution in [1.82, 2.24) is 9.80 Å². The zero-order valence-electron chi connectivity index (χ0n) is 16.7. The van der Waals surface area contributed by atoms with Crippen LogP contribution in [-0.2, 0) is 22.4 Å². The Morgan fingerprint density at radius 2 is 2.03 bits per heavy atom. The molecule has 2 saturated heterocycles. The van der Waals surface area contributed by atoms with E-state index in [0.29, 0.717) is 24.8 Å². The predicted molar refractivity (Wildman–Crippen MR) is 114 cm³/mol. The van der Waals surface area contributed by atoms with Crippen molar-refractivity contribution in [2.45, 2.75) is 57.0 Å². The van der Waals surface area contributed by atoms with E-state index in [9.17, 15) is 9.59 Å². The van der Waals surface area contributed by atoms with E-state index in [-0.39, 0.29) is 23.9 Å². The topological polar surface area (TPSA) is 73.2 Å². The number of nitrogens with zero attached hydrogens (tertiary/aromatic N) is 3. The van der Waals surface area contributed by atoms with E-state index in [1.165, 1.54) is 17.3 Å². The molecule has 0 radical (unpaired) electrons. The van der Waals surface area contributed by atoms with E-state index < -0.39 is 0 Å². The summed E-state index contributed by atoms with van der Waals surface area (Å²) in [5.74, 6) is 1.98. The van der Waals surface area contributed by atoms with Crippen LogP contribution in [0, 0.1) is 5.92 Å². The second kappa shape index (κ2) is 9.20. The summed E-state index contributed by atoms with van der Waals surface area (Å²) in [4.78, 5) is 29.6. The Labute approximate surface area is 176 Å². The van der Waals surface area contributed by atoms with Gasteiger partial charge in [-0.25, -0.2) is 0 Å². The van der Waals surface area contributed by atoms with Gasteiger partial charge in [-0.05, 0) is 55.6 Å². The molecule has 0 bridgehead atoms. The highest BCUT2D eigenvalue weighted by Gasteiger charge is 2.39. The second-order valence-electron chi connectivity index (χ2n) is 8.30. The fourth-order valence-corrected chi connectivity index (χ4v) is 6.02. The number of hydrogen-bond donors (Lipinski definition) is 1. The van der Waals surface area contributed by atoms with Crippen LogP contribution in [0.2, 0.25) is 0 Å². The van der Waals surface area contributed by atoms with Crippen LogP contribution < -0.4 is 0 Å². The molecular weight excluding hydrogens is 386 g/mol. The van der Waals surface area contributed by atoms with E-state index in [1.807, 2.05) is 0 Å². The van der Waals surface area contributed by atoms with Gasteiger partial charge in [0.25, 0.3) is 0 Å². The number of benzene rings is 1. The number of carbonyl (C=O) groups excluding carboxylic acids is 2. The van der Waals surface area contributed by atoms with E-state index in [0.717, 1.165) is 44.3 Å². The Morgan fingerprint density at radius 3 is 2.86 bits per heavy atom. The van der Waals surface area contributed by atoms with Gasteiger partial charge < -0.3 is 15.0 Å². The molecule has 0 unspecified atom stereocenters. The van der Waals surface area contributed by atoms with Crippen LogP contribution in [0.3, 0.4) is 0 Å². The third-order valence-electron chi connectivity index (χ3n) is 6.51. The smallest absolute Gasteiger partial charge is 0.246 e. The summed E-state index contributed by atoms with van der Waals surface area (Å²) in [6.45, 7) is 0.669. The van der Waals surface area contributed by atoms with Crippen molar-refractivity contribution < 1.29 is 14.8 Å². The maximum atomic E-state index is 13.1. The Balaban J connectivity index is 1.33.